The van der Waals surface area contributed by atoms with Gasteiger partial charge in [-0.1, -0.05) is 176 Å². The monoisotopic (exact) mass is 789 g/mol. The van der Waals surface area contributed by atoms with Gasteiger partial charge in [0.1, 0.15) is 11.2 Å². The molecule has 2 heteroatoms. The van der Waals surface area contributed by atoms with Crippen LogP contribution >= 0.6 is 0 Å². The minimum Gasteiger partial charge on any atom is -0.456 e. The lowest BCUT2D eigenvalue weighted by molar-refractivity contribution is 0.669. The smallest absolute Gasteiger partial charge is 0.137 e. The third kappa shape index (κ3) is 6.12. The van der Waals surface area contributed by atoms with Gasteiger partial charge in [-0.2, -0.15) is 0 Å². The van der Waals surface area contributed by atoms with E-state index in [1.807, 2.05) is 12.1 Å². The Morgan fingerprint density at radius 1 is 0.242 bits per heavy atom. The van der Waals surface area contributed by atoms with Crippen molar-refractivity contribution in [2.24, 2.45) is 0 Å². The van der Waals surface area contributed by atoms with Crippen molar-refractivity contribution in [1.82, 2.24) is 0 Å². The average Bonchev–Trinajstić information content (AvgIpc) is 3.72. The number of anilines is 3. The second-order valence-corrected chi connectivity index (χ2v) is 16.1. The average molecular weight is 790 g/mol. The first-order valence-corrected chi connectivity index (χ1v) is 21.2. The number of rotatable bonds is 7. The van der Waals surface area contributed by atoms with Crippen LogP contribution in [0.5, 0.6) is 0 Å². The van der Waals surface area contributed by atoms with Gasteiger partial charge < -0.3 is 9.32 Å². The highest BCUT2D eigenvalue weighted by atomic mass is 16.3. The van der Waals surface area contributed by atoms with Gasteiger partial charge in [0.05, 0.1) is 0 Å². The summed E-state index contributed by atoms with van der Waals surface area (Å²) in [5.41, 5.74) is 14.5. The normalized spacial score (nSPS) is 11.5. The maximum atomic E-state index is 6.44. The Morgan fingerprint density at radius 2 is 0.758 bits per heavy atom. The van der Waals surface area contributed by atoms with Crippen LogP contribution in [0.4, 0.5) is 17.1 Å². The fraction of sp³-hybridized carbons (Fsp3) is 0. The van der Waals surface area contributed by atoms with Crippen LogP contribution in [0.1, 0.15) is 0 Å². The predicted molar refractivity (Wildman–Crippen MR) is 263 cm³/mol. The summed E-state index contributed by atoms with van der Waals surface area (Å²) < 4.78 is 6.44. The molecule has 0 bridgehead atoms. The summed E-state index contributed by atoms with van der Waals surface area (Å²) in [6, 6.07) is 85.5. The first-order chi connectivity index (χ1) is 30.7. The van der Waals surface area contributed by atoms with Crippen molar-refractivity contribution in [1.29, 1.82) is 0 Å². The minimum atomic E-state index is 0.865. The van der Waals surface area contributed by atoms with Crippen LogP contribution in [-0.4, -0.2) is 0 Å². The number of nitrogens with zero attached hydrogens (tertiary/aromatic N) is 1. The van der Waals surface area contributed by atoms with Crippen LogP contribution in [0.15, 0.2) is 241 Å². The van der Waals surface area contributed by atoms with Gasteiger partial charge in [-0.25, -0.2) is 0 Å². The quantitative estimate of drug-likeness (QED) is 0.150. The lowest BCUT2D eigenvalue weighted by Gasteiger charge is -2.26. The number of fused-ring (bicyclic) bond motifs is 7. The van der Waals surface area contributed by atoms with Gasteiger partial charge >= 0.3 is 0 Å². The first-order valence-electron chi connectivity index (χ1n) is 21.2. The molecule has 0 spiro atoms. The summed E-state index contributed by atoms with van der Waals surface area (Å²) in [6.45, 7) is 0. The van der Waals surface area contributed by atoms with Gasteiger partial charge in [0.15, 0.2) is 0 Å². The molecule has 0 N–H and O–H groups in total. The first kappa shape index (κ1) is 35.7. The zero-order chi connectivity index (χ0) is 41.0. The third-order valence-corrected chi connectivity index (χ3v) is 12.4. The van der Waals surface area contributed by atoms with E-state index >= 15 is 0 Å². The Bertz CT molecular complexity index is 3620. The lowest BCUT2D eigenvalue weighted by Crippen LogP contribution is -2.10. The van der Waals surface area contributed by atoms with E-state index in [1.54, 1.807) is 0 Å². The second kappa shape index (κ2) is 14.8. The molecular formula is C60H39NO. The van der Waals surface area contributed by atoms with Gasteiger partial charge in [-0.15, -0.1) is 0 Å². The molecular weight excluding hydrogens is 751 g/mol. The molecule has 0 aliphatic rings. The summed E-state index contributed by atoms with van der Waals surface area (Å²) >= 11 is 0. The van der Waals surface area contributed by atoms with Gasteiger partial charge in [0.25, 0.3) is 0 Å². The fourth-order valence-electron chi connectivity index (χ4n) is 9.48. The minimum absolute atomic E-state index is 0.865. The summed E-state index contributed by atoms with van der Waals surface area (Å²) in [4.78, 5) is 2.34. The van der Waals surface area contributed by atoms with Crippen molar-refractivity contribution < 1.29 is 4.42 Å². The lowest BCUT2D eigenvalue weighted by atomic mass is 9.84. The Morgan fingerprint density at radius 3 is 1.55 bits per heavy atom. The molecule has 0 radical (unpaired) electrons. The van der Waals surface area contributed by atoms with Crippen molar-refractivity contribution in [2.75, 3.05) is 4.90 Å². The zero-order valence-corrected chi connectivity index (χ0v) is 33.9. The van der Waals surface area contributed by atoms with Crippen LogP contribution in [0.3, 0.4) is 0 Å². The number of hydrogen-bond acceptors (Lipinski definition) is 2. The van der Waals surface area contributed by atoms with Crippen molar-refractivity contribution in [3.05, 3.63) is 237 Å². The Balaban J connectivity index is 1.01. The van der Waals surface area contributed by atoms with E-state index in [0.717, 1.165) is 50.1 Å². The van der Waals surface area contributed by atoms with Crippen molar-refractivity contribution in [3.8, 4) is 44.5 Å². The number of benzene rings is 11. The van der Waals surface area contributed by atoms with Gasteiger partial charge in [0, 0.05) is 33.9 Å². The van der Waals surface area contributed by atoms with E-state index in [-0.39, 0.29) is 0 Å². The highest BCUT2D eigenvalue weighted by molar-refractivity contribution is 6.22. The molecule has 0 saturated carbocycles. The van der Waals surface area contributed by atoms with Crippen molar-refractivity contribution in [3.63, 3.8) is 0 Å². The van der Waals surface area contributed by atoms with E-state index in [9.17, 15) is 0 Å². The van der Waals surface area contributed by atoms with E-state index in [1.165, 1.54) is 65.7 Å². The SMILES string of the molecule is c1ccc(-c2c(-c3ccccc3)c3cc(-c4ccc(N(c5cccc(-c6ccc7ccccc7c6)c5)c5ccc6c(c5)oc5ccccc56)cc4)ccc3c3ccccc23)cc1. The van der Waals surface area contributed by atoms with E-state index in [2.05, 4.69) is 229 Å². The molecule has 1 aromatic heterocycles. The number of hydrogen-bond donors (Lipinski definition) is 0. The highest BCUT2D eigenvalue weighted by Crippen LogP contribution is 2.46. The van der Waals surface area contributed by atoms with Crippen LogP contribution in [0.2, 0.25) is 0 Å². The molecule has 290 valence electrons. The molecule has 2 nitrogen and oxygen atoms in total. The van der Waals surface area contributed by atoms with Crippen LogP contribution in [0, 0.1) is 0 Å². The predicted octanol–water partition coefficient (Wildman–Crippen LogP) is 17.2. The van der Waals surface area contributed by atoms with Crippen LogP contribution < -0.4 is 4.90 Å². The van der Waals surface area contributed by atoms with Crippen LogP contribution in [-0.2, 0) is 0 Å². The Hall–Kier alpha value is -8.20. The molecule has 1 heterocycles. The van der Waals surface area contributed by atoms with Crippen molar-refractivity contribution >= 4 is 71.3 Å². The largest absolute Gasteiger partial charge is 0.456 e. The van der Waals surface area contributed by atoms with Crippen molar-refractivity contribution in [2.45, 2.75) is 0 Å². The summed E-state index contributed by atoms with van der Waals surface area (Å²) in [5.74, 6) is 0. The standard InChI is InChI=1S/C60H39NO/c1-3-15-42(16-4-1)59-55-24-10-9-22-51(55)52-34-30-47(38-56(52)60(59)43-17-5-2-6-18-43)41-28-31-48(32-29-41)61(50-33-35-54-53-23-11-12-25-57(53)62-58(54)39-50)49-21-13-20-45(37-49)46-27-26-40-14-7-8-19-44(40)36-46/h1-39H. The summed E-state index contributed by atoms with van der Waals surface area (Å²) in [7, 11) is 0. The molecule has 12 rings (SSSR count). The molecule has 0 aliphatic carbocycles. The molecule has 0 unspecified atom stereocenters. The molecule has 12 aromatic rings. The maximum Gasteiger partial charge on any atom is 0.137 e. The fourth-order valence-corrected chi connectivity index (χ4v) is 9.48. The molecule has 0 amide bonds. The van der Waals surface area contributed by atoms with E-state index in [0.29, 0.717) is 0 Å². The number of para-hydroxylation sites is 1. The van der Waals surface area contributed by atoms with Crippen LogP contribution in [0.25, 0.3) is 98.8 Å². The zero-order valence-electron chi connectivity index (χ0n) is 33.9. The molecule has 0 saturated heterocycles. The second-order valence-electron chi connectivity index (χ2n) is 16.1. The number of furan rings is 1. The van der Waals surface area contributed by atoms with E-state index < -0.39 is 0 Å². The maximum absolute atomic E-state index is 6.44. The van der Waals surface area contributed by atoms with Gasteiger partial charge in [0.2, 0.25) is 0 Å². The third-order valence-electron chi connectivity index (χ3n) is 12.4. The van der Waals surface area contributed by atoms with E-state index in [4.69, 9.17) is 4.42 Å². The molecule has 0 fully saturated rings. The van der Waals surface area contributed by atoms with Gasteiger partial charge in [-0.3, -0.25) is 0 Å². The Kier molecular flexibility index (Phi) is 8.53. The molecule has 11 aromatic carbocycles. The summed E-state index contributed by atoms with van der Waals surface area (Å²) in [6.07, 6.45) is 0. The van der Waals surface area contributed by atoms with Gasteiger partial charge in [-0.05, 0) is 131 Å². The molecule has 62 heavy (non-hydrogen) atoms. The summed E-state index contributed by atoms with van der Waals surface area (Å²) in [5, 5.41) is 9.70. The molecule has 0 atom stereocenters. The Labute approximate surface area is 360 Å². The highest BCUT2D eigenvalue weighted by Gasteiger charge is 2.20. The molecule has 0 aliphatic heterocycles. The topological polar surface area (TPSA) is 16.4 Å².